The van der Waals surface area contributed by atoms with Gasteiger partial charge in [0.05, 0.1) is 16.7 Å². The molecule has 0 amide bonds. The van der Waals surface area contributed by atoms with Crippen molar-refractivity contribution >= 4 is 17.4 Å². The number of pyridine rings is 1. The molecule has 1 N–H and O–H groups in total. The van der Waals surface area contributed by atoms with Crippen molar-refractivity contribution in [1.82, 2.24) is 9.38 Å². The Balaban J connectivity index is 2.18. The van der Waals surface area contributed by atoms with Crippen LogP contribution in [0.1, 0.15) is 5.69 Å². The number of non-ortho nitro benzene ring substituents is 1. The smallest absolute Gasteiger partial charge is 0.269 e. The second kappa shape index (κ2) is 5.04. The number of hydrogen-bond acceptors (Lipinski definition) is 5. The van der Waals surface area contributed by atoms with Crippen molar-refractivity contribution < 1.29 is 10.1 Å². The number of imidazole rings is 1. The number of oxime groups is 1. The number of hydrogen-bond donors (Lipinski definition) is 1. The van der Waals surface area contributed by atoms with Crippen LogP contribution in [0.25, 0.3) is 16.9 Å². The number of benzene rings is 1. The highest BCUT2D eigenvalue weighted by Gasteiger charge is 2.12. The molecule has 0 saturated heterocycles. The second-order valence-corrected chi connectivity index (χ2v) is 4.33. The Bertz CT molecular complexity index is 837. The predicted octanol–water partition coefficient (Wildman–Crippen LogP) is 2.72. The first-order valence-corrected chi connectivity index (χ1v) is 6.10. The molecule has 0 spiro atoms. The van der Waals surface area contributed by atoms with Gasteiger partial charge in [-0.1, -0.05) is 11.2 Å². The molecule has 2 aromatic heterocycles. The van der Waals surface area contributed by atoms with E-state index in [1.165, 1.54) is 18.3 Å². The number of nitrogens with zero attached hydrogens (tertiary/aromatic N) is 4. The van der Waals surface area contributed by atoms with Crippen LogP contribution in [-0.4, -0.2) is 25.7 Å². The molecule has 104 valence electrons. The molecule has 0 aliphatic heterocycles. The van der Waals surface area contributed by atoms with Gasteiger partial charge in [0, 0.05) is 23.9 Å². The van der Waals surface area contributed by atoms with E-state index in [2.05, 4.69) is 10.1 Å². The average molecular weight is 282 g/mol. The van der Waals surface area contributed by atoms with E-state index in [-0.39, 0.29) is 5.69 Å². The summed E-state index contributed by atoms with van der Waals surface area (Å²) in [6, 6.07) is 11.7. The van der Waals surface area contributed by atoms with Crippen LogP contribution in [0.4, 0.5) is 5.69 Å². The minimum Gasteiger partial charge on any atom is -0.411 e. The van der Waals surface area contributed by atoms with E-state index in [0.717, 1.165) is 11.1 Å². The lowest BCUT2D eigenvalue weighted by atomic mass is 10.2. The molecule has 1 aromatic carbocycles. The van der Waals surface area contributed by atoms with E-state index in [9.17, 15) is 10.1 Å². The number of aromatic nitrogens is 2. The molecule has 0 saturated carbocycles. The van der Waals surface area contributed by atoms with E-state index >= 15 is 0 Å². The fourth-order valence-corrected chi connectivity index (χ4v) is 2.15. The minimum absolute atomic E-state index is 0.0248. The first-order valence-electron chi connectivity index (χ1n) is 6.10. The third-order valence-corrected chi connectivity index (χ3v) is 3.09. The van der Waals surface area contributed by atoms with Gasteiger partial charge in [0.15, 0.2) is 0 Å². The highest BCUT2D eigenvalue weighted by Crippen LogP contribution is 2.24. The molecule has 7 nitrogen and oxygen atoms in total. The van der Waals surface area contributed by atoms with Crippen LogP contribution in [0.15, 0.2) is 53.8 Å². The summed E-state index contributed by atoms with van der Waals surface area (Å²) in [5.41, 5.74) is 2.06. The fraction of sp³-hybridized carbons (Fsp3) is 0. The van der Waals surface area contributed by atoms with E-state index in [1.807, 2.05) is 28.8 Å². The Morgan fingerprint density at radius 2 is 2.00 bits per heavy atom. The lowest BCUT2D eigenvalue weighted by Crippen LogP contribution is -1.90. The average Bonchev–Trinajstić information content (AvgIpc) is 2.87. The van der Waals surface area contributed by atoms with Gasteiger partial charge in [0.2, 0.25) is 0 Å². The van der Waals surface area contributed by atoms with Crippen LogP contribution in [-0.2, 0) is 0 Å². The summed E-state index contributed by atoms with van der Waals surface area (Å²) in [4.78, 5) is 14.7. The van der Waals surface area contributed by atoms with E-state index < -0.39 is 4.92 Å². The van der Waals surface area contributed by atoms with Crippen LogP contribution in [0, 0.1) is 10.1 Å². The quantitative estimate of drug-likeness (QED) is 0.346. The predicted molar refractivity (Wildman–Crippen MR) is 76.7 cm³/mol. The molecule has 0 bridgehead atoms. The summed E-state index contributed by atoms with van der Waals surface area (Å²) < 4.78 is 1.83. The maximum absolute atomic E-state index is 10.7. The van der Waals surface area contributed by atoms with Gasteiger partial charge in [-0.25, -0.2) is 4.98 Å². The van der Waals surface area contributed by atoms with Crippen molar-refractivity contribution in [2.75, 3.05) is 0 Å². The van der Waals surface area contributed by atoms with Crippen LogP contribution in [0.3, 0.4) is 0 Å². The minimum atomic E-state index is -0.447. The van der Waals surface area contributed by atoms with Crippen molar-refractivity contribution in [3.05, 3.63) is 64.5 Å². The molecule has 21 heavy (non-hydrogen) atoms. The zero-order valence-corrected chi connectivity index (χ0v) is 10.7. The molecular formula is C14H10N4O3. The number of fused-ring (bicyclic) bond motifs is 1. The molecule has 0 atom stereocenters. The first kappa shape index (κ1) is 12.8. The highest BCUT2D eigenvalue weighted by molar-refractivity contribution is 5.88. The normalized spacial score (nSPS) is 11.2. The largest absolute Gasteiger partial charge is 0.411 e. The molecule has 0 aliphatic carbocycles. The van der Waals surface area contributed by atoms with Crippen molar-refractivity contribution in [2.24, 2.45) is 5.16 Å². The Labute approximate surface area is 118 Å². The summed E-state index contributed by atoms with van der Waals surface area (Å²) in [5, 5.41) is 22.4. The Kier molecular flexibility index (Phi) is 3.07. The highest BCUT2D eigenvalue weighted by atomic mass is 16.6. The molecule has 3 rings (SSSR count). The van der Waals surface area contributed by atoms with Crippen molar-refractivity contribution in [3.63, 3.8) is 0 Å². The van der Waals surface area contributed by atoms with Gasteiger partial charge in [-0.2, -0.15) is 0 Å². The van der Waals surface area contributed by atoms with E-state index in [1.54, 1.807) is 12.1 Å². The first-order chi connectivity index (χ1) is 10.2. The summed E-state index contributed by atoms with van der Waals surface area (Å²) in [7, 11) is 0. The number of rotatable bonds is 3. The van der Waals surface area contributed by atoms with Crippen LogP contribution >= 0.6 is 0 Å². The van der Waals surface area contributed by atoms with Gasteiger partial charge in [0.25, 0.3) is 5.69 Å². The SMILES string of the molecule is O=[N+]([O-])c1ccc(-c2nc(C=NO)c3ccccn23)cc1. The lowest BCUT2D eigenvalue weighted by Gasteiger charge is -2.00. The summed E-state index contributed by atoms with van der Waals surface area (Å²) in [6.45, 7) is 0. The van der Waals surface area contributed by atoms with Crippen LogP contribution in [0.5, 0.6) is 0 Å². The summed E-state index contributed by atoms with van der Waals surface area (Å²) in [6.07, 6.45) is 3.08. The number of nitro benzene ring substituents is 1. The van der Waals surface area contributed by atoms with Gasteiger partial charge in [0.1, 0.15) is 11.5 Å². The van der Waals surface area contributed by atoms with Crippen LogP contribution in [0.2, 0.25) is 0 Å². The standard InChI is InChI=1S/C14H10N4O3/c19-15-9-12-13-3-1-2-8-17(13)14(16-12)10-4-6-11(7-5-10)18(20)21/h1-9,19H. The third kappa shape index (κ3) is 2.20. The third-order valence-electron chi connectivity index (χ3n) is 3.09. The Morgan fingerprint density at radius 3 is 2.67 bits per heavy atom. The summed E-state index contributed by atoms with van der Waals surface area (Å²) in [5.74, 6) is 0.621. The van der Waals surface area contributed by atoms with Gasteiger partial charge in [-0.3, -0.25) is 14.5 Å². The van der Waals surface area contributed by atoms with Gasteiger partial charge in [-0.15, -0.1) is 0 Å². The second-order valence-electron chi connectivity index (χ2n) is 4.33. The lowest BCUT2D eigenvalue weighted by molar-refractivity contribution is -0.384. The number of nitro groups is 1. The molecule has 0 aliphatic rings. The topological polar surface area (TPSA) is 93.0 Å². The summed E-state index contributed by atoms with van der Waals surface area (Å²) >= 11 is 0. The van der Waals surface area contributed by atoms with Gasteiger partial charge in [-0.05, 0) is 24.3 Å². The molecule has 2 heterocycles. The van der Waals surface area contributed by atoms with Crippen molar-refractivity contribution in [1.29, 1.82) is 0 Å². The Morgan fingerprint density at radius 1 is 1.24 bits per heavy atom. The van der Waals surface area contributed by atoms with E-state index in [0.29, 0.717) is 11.5 Å². The molecule has 7 heteroatoms. The monoisotopic (exact) mass is 282 g/mol. The zero-order chi connectivity index (χ0) is 14.8. The zero-order valence-electron chi connectivity index (χ0n) is 10.7. The van der Waals surface area contributed by atoms with Crippen molar-refractivity contribution in [3.8, 4) is 11.4 Å². The van der Waals surface area contributed by atoms with E-state index in [4.69, 9.17) is 5.21 Å². The molecule has 0 radical (unpaired) electrons. The maximum atomic E-state index is 10.7. The van der Waals surface area contributed by atoms with Crippen molar-refractivity contribution in [2.45, 2.75) is 0 Å². The van der Waals surface area contributed by atoms with Gasteiger partial charge >= 0.3 is 0 Å². The molecule has 0 fully saturated rings. The Hall–Kier alpha value is -3.22. The molecule has 3 aromatic rings. The van der Waals surface area contributed by atoms with Crippen LogP contribution < -0.4 is 0 Å². The molecule has 0 unspecified atom stereocenters. The molecular weight excluding hydrogens is 272 g/mol. The maximum Gasteiger partial charge on any atom is 0.269 e. The van der Waals surface area contributed by atoms with Gasteiger partial charge < -0.3 is 5.21 Å². The fourth-order valence-electron chi connectivity index (χ4n) is 2.15.